The number of carbonyl (C=O) groups is 2. The molecular formula is C22H29N3O2. The van der Waals surface area contributed by atoms with Gasteiger partial charge in [0.05, 0.1) is 0 Å². The predicted octanol–water partition coefficient (Wildman–Crippen LogP) is 4.27. The summed E-state index contributed by atoms with van der Waals surface area (Å²) in [7, 11) is 0. The van der Waals surface area contributed by atoms with Crippen LogP contribution in [0.3, 0.4) is 0 Å². The normalized spacial score (nSPS) is 10.4. The fraction of sp³-hybridized carbons (Fsp3) is 0.364. The fourth-order valence-electron chi connectivity index (χ4n) is 3.01. The predicted molar refractivity (Wildman–Crippen MR) is 112 cm³/mol. The number of amides is 2. The Hall–Kier alpha value is -2.82. The molecule has 0 saturated carbocycles. The molecule has 0 radical (unpaired) electrons. The van der Waals surface area contributed by atoms with Gasteiger partial charge >= 0.3 is 0 Å². The Morgan fingerprint density at radius 3 is 1.74 bits per heavy atom. The number of rotatable bonds is 8. The molecular weight excluding hydrogens is 338 g/mol. The Morgan fingerprint density at radius 2 is 1.26 bits per heavy atom. The largest absolute Gasteiger partial charge is 0.372 e. The molecule has 0 saturated heterocycles. The second-order valence-electron chi connectivity index (χ2n) is 6.23. The molecule has 2 aromatic rings. The third-order valence-electron chi connectivity index (χ3n) is 4.70. The molecule has 5 heteroatoms. The number of nitrogens with zero attached hydrogens (tertiary/aromatic N) is 2. The smallest absolute Gasteiger partial charge is 0.255 e. The van der Waals surface area contributed by atoms with E-state index in [4.69, 9.17) is 0 Å². The van der Waals surface area contributed by atoms with Crippen LogP contribution in [0.4, 0.5) is 11.4 Å². The monoisotopic (exact) mass is 367 g/mol. The second kappa shape index (κ2) is 9.76. The number of nitrogens with one attached hydrogen (secondary N) is 1. The van der Waals surface area contributed by atoms with Crippen molar-refractivity contribution in [3.05, 3.63) is 59.7 Å². The molecule has 1 N–H and O–H groups in total. The van der Waals surface area contributed by atoms with Crippen molar-refractivity contribution in [2.45, 2.75) is 27.7 Å². The zero-order valence-electron chi connectivity index (χ0n) is 16.7. The Kier molecular flexibility index (Phi) is 7.41. The lowest BCUT2D eigenvalue weighted by atomic mass is 10.1. The van der Waals surface area contributed by atoms with Crippen LogP contribution in [-0.2, 0) is 0 Å². The van der Waals surface area contributed by atoms with Crippen LogP contribution in [0.5, 0.6) is 0 Å². The molecule has 0 aliphatic rings. The average molecular weight is 367 g/mol. The molecule has 2 aromatic carbocycles. The Labute approximate surface area is 162 Å². The van der Waals surface area contributed by atoms with Crippen molar-refractivity contribution in [1.29, 1.82) is 0 Å². The van der Waals surface area contributed by atoms with Crippen molar-refractivity contribution in [1.82, 2.24) is 4.90 Å². The summed E-state index contributed by atoms with van der Waals surface area (Å²) in [6.45, 7) is 11.4. The first-order valence-electron chi connectivity index (χ1n) is 9.59. The number of carbonyl (C=O) groups excluding carboxylic acids is 2. The van der Waals surface area contributed by atoms with E-state index in [1.54, 1.807) is 29.2 Å². The first-order valence-corrected chi connectivity index (χ1v) is 9.59. The highest BCUT2D eigenvalue weighted by atomic mass is 16.2. The minimum absolute atomic E-state index is 0.00451. The summed E-state index contributed by atoms with van der Waals surface area (Å²) in [5.74, 6) is -0.159. The summed E-state index contributed by atoms with van der Waals surface area (Å²) in [6, 6.07) is 14.6. The summed E-state index contributed by atoms with van der Waals surface area (Å²) in [5.41, 5.74) is 3.01. The van der Waals surface area contributed by atoms with Gasteiger partial charge in [-0.15, -0.1) is 0 Å². The molecule has 2 amide bonds. The number of hydrogen-bond acceptors (Lipinski definition) is 3. The van der Waals surface area contributed by atoms with Crippen LogP contribution >= 0.6 is 0 Å². The van der Waals surface area contributed by atoms with E-state index in [2.05, 4.69) is 24.1 Å². The molecule has 2 rings (SSSR count). The van der Waals surface area contributed by atoms with Gasteiger partial charge in [0.15, 0.2) is 0 Å². The maximum atomic E-state index is 12.5. The first-order chi connectivity index (χ1) is 13.0. The van der Waals surface area contributed by atoms with Gasteiger partial charge in [-0.05, 0) is 76.2 Å². The van der Waals surface area contributed by atoms with E-state index in [-0.39, 0.29) is 11.8 Å². The van der Waals surface area contributed by atoms with E-state index in [9.17, 15) is 9.59 Å². The van der Waals surface area contributed by atoms with Crippen LogP contribution in [0.1, 0.15) is 48.4 Å². The van der Waals surface area contributed by atoms with Gasteiger partial charge in [-0.2, -0.15) is 0 Å². The van der Waals surface area contributed by atoms with Crippen LogP contribution in [0.25, 0.3) is 0 Å². The highest BCUT2D eigenvalue weighted by molar-refractivity contribution is 6.04. The molecule has 144 valence electrons. The van der Waals surface area contributed by atoms with E-state index in [0.29, 0.717) is 29.9 Å². The average Bonchev–Trinajstić information content (AvgIpc) is 2.71. The minimum Gasteiger partial charge on any atom is -0.372 e. The van der Waals surface area contributed by atoms with E-state index in [1.807, 2.05) is 38.1 Å². The van der Waals surface area contributed by atoms with Crippen molar-refractivity contribution in [2.24, 2.45) is 0 Å². The number of hydrogen-bond donors (Lipinski definition) is 1. The van der Waals surface area contributed by atoms with Gasteiger partial charge in [-0.3, -0.25) is 9.59 Å². The molecule has 5 nitrogen and oxygen atoms in total. The molecule has 0 aromatic heterocycles. The van der Waals surface area contributed by atoms with Gasteiger partial charge in [0.1, 0.15) is 0 Å². The minimum atomic E-state index is -0.163. The molecule has 0 aliphatic carbocycles. The maximum Gasteiger partial charge on any atom is 0.255 e. The lowest BCUT2D eigenvalue weighted by molar-refractivity contribution is 0.0773. The van der Waals surface area contributed by atoms with Crippen molar-refractivity contribution >= 4 is 23.2 Å². The number of anilines is 2. The van der Waals surface area contributed by atoms with Gasteiger partial charge < -0.3 is 15.1 Å². The van der Waals surface area contributed by atoms with Gasteiger partial charge in [0.25, 0.3) is 11.8 Å². The molecule has 0 aliphatic heterocycles. The highest BCUT2D eigenvalue weighted by Gasteiger charge is 2.13. The molecule has 27 heavy (non-hydrogen) atoms. The summed E-state index contributed by atoms with van der Waals surface area (Å²) >= 11 is 0. The first kappa shape index (κ1) is 20.5. The lowest BCUT2D eigenvalue weighted by Gasteiger charge is -2.21. The van der Waals surface area contributed by atoms with E-state index < -0.39 is 0 Å². The maximum absolute atomic E-state index is 12.5. The van der Waals surface area contributed by atoms with Gasteiger partial charge in [0, 0.05) is 48.7 Å². The SMILES string of the molecule is CCN(CC)C(=O)c1ccc(NC(=O)c2ccc(N(CC)CC)cc2)cc1. The highest BCUT2D eigenvalue weighted by Crippen LogP contribution is 2.17. The van der Waals surface area contributed by atoms with Gasteiger partial charge in [-0.25, -0.2) is 0 Å². The zero-order chi connectivity index (χ0) is 19.8. The third-order valence-corrected chi connectivity index (χ3v) is 4.70. The molecule has 0 atom stereocenters. The summed E-state index contributed by atoms with van der Waals surface area (Å²) in [5, 5.41) is 2.88. The number of benzene rings is 2. The summed E-state index contributed by atoms with van der Waals surface area (Å²) in [4.78, 5) is 28.8. The van der Waals surface area contributed by atoms with Crippen molar-refractivity contribution < 1.29 is 9.59 Å². The lowest BCUT2D eigenvalue weighted by Crippen LogP contribution is -2.30. The summed E-state index contributed by atoms with van der Waals surface area (Å²) in [6.07, 6.45) is 0. The van der Waals surface area contributed by atoms with Gasteiger partial charge in [0.2, 0.25) is 0 Å². The van der Waals surface area contributed by atoms with Crippen LogP contribution in [0, 0.1) is 0 Å². The molecule has 0 fully saturated rings. The zero-order valence-corrected chi connectivity index (χ0v) is 16.7. The molecule has 0 spiro atoms. The van der Waals surface area contributed by atoms with E-state index in [1.165, 1.54) is 0 Å². The summed E-state index contributed by atoms with van der Waals surface area (Å²) < 4.78 is 0. The molecule has 0 unspecified atom stereocenters. The Bertz CT molecular complexity index is 746. The molecule has 0 heterocycles. The van der Waals surface area contributed by atoms with Crippen LogP contribution in [0.15, 0.2) is 48.5 Å². The standard InChI is InChI=1S/C22H29N3O2/c1-5-24(6-2)20-15-11-17(12-16-20)21(26)23-19-13-9-18(10-14-19)22(27)25(7-3)8-4/h9-16H,5-8H2,1-4H3,(H,23,26). The van der Waals surface area contributed by atoms with Crippen LogP contribution in [0.2, 0.25) is 0 Å². The van der Waals surface area contributed by atoms with Crippen molar-refractivity contribution in [3.63, 3.8) is 0 Å². The van der Waals surface area contributed by atoms with E-state index >= 15 is 0 Å². The van der Waals surface area contributed by atoms with Crippen molar-refractivity contribution in [2.75, 3.05) is 36.4 Å². The Morgan fingerprint density at radius 1 is 0.741 bits per heavy atom. The van der Waals surface area contributed by atoms with Crippen molar-refractivity contribution in [3.8, 4) is 0 Å². The third kappa shape index (κ3) is 5.09. The second-order valence-corrected chi connectivity index (χ2v) is 6.23. The fourth-order valence-corrected chi connectivity index (χ4v) is 3.01. The Balaban J connectivity index is 2.04. The van der Waals surface area contributed by atoms with Gasteiger partial charge in [-0.1, -0.05) is 0 Å². The van der Waals surface area contributed by atoms with Crippen LogP contribution in [-0.4, -0.2) is 42.9 Å². The molecule has 0 bridgehead atoms. The van der Waals surface area contributed by atoms with E-state index in [0.717, 1.165) is 18.8 Å². The topological polar surface area (TPSA) is 52.7 Å². The quantitative estimate of drug-likeness (QED) is 0.758. The van der Waals surface area contributed by atoms with Crippen LogP contribution < -0.4 is 10.2 Å².